The molecule has 0 spiro atoms. The number of aromatic hydroxyl groups is 1. The Balaban J connectivity index is 2.20. The summed E-state index contributed by atoms with van der Waals surface area (Å²) in [5, 5.41) is 45.9. The summed E-state index contributed by atoms with van der Waals surface area (Å²) in [7, 11) is 3.24. The number of likely N-dealkylation sites (N-methyl/N-ethyl adjacent to an activating group) is 1. The third-order valence-electron chi connectivity index (χ3n) is 7.01. The Morgan fingerprint density at radius 3 is 2.46 bits per heavy atom. The van der Waals surface area contributed by atoms with Gasteiger partial charge in [0, 0.05) is 31.0 Å². The third-order valence-corrected chi connectivity index (χ3v) is 7.01. The van der Waals surface area contributed by atoms with Crippen LogP contribution in [-0.4, -0.2) is 81.1 Å². The number of Topliss-reactive ketones (excluding diaryl/α,β-unsaturated/α-hetero) is 2. The lowest BCUT2D eigenvalue weighted by Gasteiger charge is -2.47. The Kier molecular flexibility index (Phi) is 7.34. The number of carbonyl (C=O) groups is 4. The van der Waals surface area contributed by atoms with Crippen LogP contribution in [0.15, 0.2) is 17.7 Å². The molecule has 0 heterocycles. The molecule has 0 saturated heterocycles. The number of rotatable bonds is 8. The van der Waals surface area contributed by atoms with E-state index in [9.17, 15) is 39.6 Å². The normalized spacial score (nSPS) is 24.6. The van der Waals surface area contributed by atoms with Gasteiger partial charge in [-0.3, -0.25) is 19.2 Å². The van der Waals surface area contributed by atoms with E-state index in [0.29, 0.717) is 11.1 Å². The first-order chi connectivity index (χ1) is 16.3. The van der Waals surface area contributed by atoms with Gasteiger partial charge in [-0.2, -0.15) is 0 Å². The number of fused-ring (bicyclic) bond motifs is 2. The number of hydrogen-bond donors (Lipinski definition) is 6. The van der Waals surface area contributed by atoms with Crippen molar-refractivity contribution < 1.29 is 39.6 Å². The van der Waals surface area contributed by atoms with Gasteiger partial charge in [0.15, 0.2) is 11.4 Å². The summed E-state index contributed by atoms with van der Waals surface area (Å²) in [5.74, 6) is -6.15. The Morgan fingerprint density at radius 1 is 1.26 bits per heavy atom. The average Bonchev–Trinajstić information content (AvgIpc) is 2.75. The summed E-state index contributed by atoms with van der Waals surface area (Å²) in [6.07, 6.45) is -0.706. The summed E-state index contributed by atoms with van der Waals surface area (Å²) in [5.41, 5.74) is 3.36. The molecule has 2 amide bonds. The summed E-state index contributed by atoms with van der Waals surface area (Å²) >= 11 is 0. The minimum atomic E-state index is -2.71. The molecular formula is C24H31N3O8. The molecule has 0 unspecified atom stereocenters. The third kappa shape index (κ3) is 4.54. The highest BCUT2D eigenvalue weighted by molar-refractivity contribution is 6.23. The number of phenols is 1. The van der Waals surface area contributed by atoms with Gasteiger partial charge in [-0.25, -0.2) is 0 Å². The molecule has 3 rings (SSSR count). The molecule has 0 aromatic heterocycles. The second-order valence-corrected chi connectivity index (χ2v) is 9.39. The monoisotopic (exact) mass is 489 g/mol. The Bertz CT molecular complexity index is 1110. The zero-order valence-corrected chi connectivity index (χ0v) is 19.9. The molecule has 2 aliphatic rings. The number of ketones is 2. The highest BCUT2D eigenvalue weighted by Crippen LogP contribution is 2.49. The number of aliphatic hydroxyl groups is 3. The lowest BCUT2D eigenvalue weighted by Crippen LogP contribution is -2.64. The van der Waals surface area contributed by atoms with E-state index >= 15 is 0 Å². The van der Waals surface area contributed by atoms with Gasteiger partial charge in [-0.05, 0) is 50.0 Å². The average molecular weight is 490 g/mol. The van der Waals surface area contributed by atoms with Crippen molar-refractivity contribution in [1.29, 1.82) is 0 Å². The number of nitrogens with zero attached hydrogens (tertiary/aromatic N) is 1. The van der Waals surface area contributed by atoms with E-state index in [4.69, 9.17) is 5.73 Å². The number of phenolic OH excluding ortho intramolecular Hbond substituents is 1. The van der Waals surface area contributed by atoms with Crippen molar-refractivity contribution in [2.24, 2.45) is 17.6 Å². The number of aliphatic hydroxyl groups excluding tert-OH is 2. The van der Waals surface area contributed by atoms with E-state index < -0.39 is 59.7 Å². The molecule has 190 valence electrons. The maximum Gasteiger partial charge on any atom is 0.225 e. The summed E-state index contributed by atoms with van der Waals surface area (Å²) in [6.45, 7) is 0.996. The maximum absolute atomic E-state index is 13.7. The minimum absolute atomic E-state index is 0.0121. The highest BCUT2D eigenvalue weighted by Gasteiger charge is 2.60. The van der Waals surface area contributed by atoms with Crippen molar-refractivity contribution in [2.45, 2.75) is 44.4 Å². The van der Waals surface area contributed by atoms with E-state index in [2.05, 4.69) is 5.32 Å². The molecule has 1 saturated carbocycles. The maximum atomic E-state index is 13.7. The fourth-order valence-electron chi connectivity index (χ4n) is 5.30. The van der Waals surface area contributed by atoms with Gasteiger partial charge in [0.1, 0.15) is 11.5 Å². The van der Waals surface area contributed by atoms with E-state index in [0.717, 1.165) is 0 Å². The predicted molar refractivity (Wildman–Crippen MR) is 124 cm³/mol. The van der Waals surface area contributed by atoms with Crippen LogP contribution in [0.1, 0.15) is 36.5 Å². The molecule has 1 aromatic carbocycles. The van der Waals surface area contributed by atoms with E-state index in [1.54, 1.807) is 25.1 Å². The first-order valence-electron chi connectivity index (χ1n) is 11.2. The molecular weight excluding hydrogens is 458 g/mol. The molecule has 4 atom stereocenters. The first-order valence-corrected chi connectivity index (χ1v) is 11.2. The van der Waals surface area contributed by atoms with Crippen LogP contribution in [0.3, 0.4) is 0 Å². The zero-order valence-electron chi connectivity index (χ0n) is 19.9. The standard InChI is InChI=1S/C24H31N3O8/c1-11(29)26-9-12-4-5-17(30)21-14(12)6-13-7-15(16(10-28)27(2)3)24(35,18(31)8-19(25)32)23(34)20(13)22(21)33/h4-5,13,15-16,28,30,33,35H,6-10H2,1-3H3,(H2,25,32)(H,26,29)/t13-,15-,16+,24+/m0/s1. The molecule has 0 bridgehead atoms. The summed E-state index contributed by atoms with van der Waals surface area (Å²) in [6, 6.07) is 2.10. The van der Waals surface area contributed by atoms with E-state index in [1.807, 2.05) is 0 Å². The van der Waals surface area contributed by atoms with Gasteiger partial charge in [0.05, 0.1) is 18.6 Å². The van der Waals surface area contributed by atoms with Crippen LogP contribution < -0.4 is 11.1 Å². The molecule has 1 aromatic rings. The fraction of sp³-hybridized carbons (Fsp3) is 0.500. The van der Waals surface area contributed by atoms with Crippen LogP contribution in [0.4, 0.5) is 0 Å². The molecule has 11 heteroatoms. The highest BCUT2D eigenvalue weighted by atomic mass is 16.3. The number of primary amides is 1. The van der Waals surface area contributed by atoms with Crippen molar-refractivity contribution in [1.82, 2.24) is 10.2 Å². The van der Waals surface area contributed by atoms with Gasteiger partial charge in [-0.15, -0.1) is 0 Å². The number of nitrogens with one attached hydrogen (secondary N) is 1. The van der Waals surface area contributed by atoms with Crippen molar-refractivity contribution >= 4 is 29.1 Å². The van der Waals surface area contributed by atoms with Crippen LogP contribution in [0.5, 0.6) is 5.75 Å². The van der Waals surface area contributed by atoms with Crippen LogP contribution >= 0.6 is 0 Å². The molecule has 0 aliphatic heterocycles. The van der Waals surface area contributed by atoms with Crippen LogP contribution in [0, 0.1) is 11.8 Å². The summed E-state index contributed by atoms with van der Waals surface area (Å²) < 4.78 is 0. The van der Waals surface area contributed by atoms with E-state index in [-0.39, 0.29) is 42.2 Å². The Labute approximate surface area is 202 Å². The minimum Gasteiger partial charge on any atom is -0.507 e. The molecule has 11 nitrogen and oxygen atoms in total. The van der Waals surface area contributed by atoms with Crippen molar-refractivity contribution in [3.8, 4) is 5.75 Å². The van der Waals surface area contributed by atoms with E-state index in [1.165, 1.54) is 13.0 Å². The smallest absolute Gasteiger partial charge is 0.225 e. The lowest BCUT2D eigenvalue weighted by molar-refractivity contribution is -0.163. The van der Waals surface area contributed by atoms with Gasteiger partial charge < -0.3 is 36.4 Å². The number of hydrogen-bond acceptors (Lipinski definition) is 9. The molecule has 7 N–H and O–H groups in total. The van der Waals surface area contributed by atoms with Gasteiger partial charge >= 0.3 is 0 Å². The van der Waals surface area contributed by atoms with Gasteiger partial charge in [0.2, 0.25) is 17.6 Å². The number of nitrogens with two attached hydrogens (primary N) is 1. The van der Waals surface area contributed by atoms with Crippen LogP contribution in [0.25, 0.3) is 5.76 Å². The van der Waals surface area contributed by atoms with Gasteiger partial charge in [-0.1, -0.05) is 6.07 Å². The van der Waals surface area contributed by atoms with Crippen molar-refractivity contribution in [2.75, 3.05) is 20.7 Å². The van der Waals surface area contributed by atoms with Crippen molar-refractivity contribution in [3.05, 3.63) is 34.4 Å². The van der Waals surface area contributed by atoms with Crippen LogP contribution in [0.2, 0.25) is 0 Å². The first kappa shape index (κ1) is 26.3. The second-order valence-electron chi connectivity index (χ2n) is 9.39. The Hall–Kier alpha value is -3.28. The fourth-order valence-corrected chi connectivity index (χ4v) is 5.30. The predicted octanol–water partition coefficient (Wildman–Crippen LogP) is -0.843. The largest absolute Gasteiger partial charge is 0.507 e. The molecule has 35 heavy (non-hydrogen) atoms. The molecule has 2 aliphatic carbocycles. The Morgan fingerprint density at radius 2 is 1.91 bits per heavy atom. The zero-order chi connectivity index (χ0) is 26.2. The molecule has 0 radical (unpaired) electrons. The lowest BCUT2D eigenvalue weighted by atomic mass is 9.59. The topological polar surface area (TPSA) is 190 Å². The van der Waals surface area contributed by atoms with Gasteiger partial charge in [0.25, 0.3) is 0 Å². The number of benzene rings is 1. The van der Waals surface area contributed by atoms with Crippen molar-refractivity contribution in [3.63, 3.8) is 0 Å². The SMILES string of the molecule is CC(=O)NCc1ccc(O)c2c1C[C@H]1C[C@@H]([C@@H](CO)N(C)C)[C@@](O)(C(=O)CC(N)=O)C(=O)C1=C2O. The molecule has 1 fully saturated rings. The quantitative estimate of drug-likeness (QED) is 0.253. The summed E-state index contributed by atoms with van der Waals surface area (Å²) in [4.78, 5) is 51.2. The number of carbonyl (C=O) groups excluding carboxylic acids is 4. The second kappa shape index (κ2) is 9.76. The number of amides is 2. The van der Waals surface area contributed by atoms with Crippen LogP contribution in [-0.2, 0) is 32.1 Å².